The van der Waals surface area contributed by atoms with Gasteiger partial charge in [0, 0.05) is 6.54 Å². The van der Waals surface area contributed by atoms with Crippen LogP contribution in [0.25, 0.3) is 0 Å². The maximum absolute atomic E-state index is 12.0. The molecule has 0 unspecified atom stereocenters. The number of aromatic amines is 1. The van der Waals surface area contributed by atoms with Crippen LogP contribution in [-0.2, 0) is 0 Å². The fraction of sp³-hybridized carbons (Fsp3) is 0.714. The van der Waals surface area contributed by atoms with Crippen molar-refractivity contribution < 1.29 is 4.79 Å². The lowest BCUT2D eigenvalue weighted by molar-refractivity contribution is 0.0947. The van der Waals surface area contributed by atoms with Gasteiger partial charge in [0.15, 0.2) is 5.69 Å². The van der Waals surface area contributed by atoms with Gasteiger partial charge in [0.1, 0.15) is 0 Å². The van der Waals surface area contributed by atoms with Crippen LogP contribution in [0.5, 0.6) is 0 Å². The van der Waals surface area contributed by atoms with Crippen molar-refractivity contribution in [3.05, 3.63) is 11.4 Å². The smallest absolute Gasteiger partial charge is 0.273 e. The fourth-order valence-electron chi connectivity index (χ4n) is 2.11. The van der Waals surface area contributed by atoms with E-state index in [4.69, 9.17) is 5.73 Å². The van der Waals surface area contributed by atoms with E-state index in [9.17, 15) is 4.79 Å². The van der Waals surface area contributed by atoms with Crippen molar-refractivity contribution in [1.82, 2.24) is 20.4 Å². The fourth-order valence-corrected chi connectivity index (χ4v) is 2.11. The first-order valence-corrected chi connectivity index (χ1v) is 7.35. The van der Waals surface area contributed by atoms with Crippen LogP contribution < -0.4 is 11.1 Å². The minimum absolute atomic E-state index is 0.204. The Hall–Kier alpha value is -1.56. The Morgan fingerprint density at radius 3 is 2.55 bits per heavy atom. The zero-order valence-electron chi connectivity index (χ0n) is 13.0. The molecule has 0 radical (unpaired) electrons. The van der Waals surface area contributed by atoms with Gasteiger partial charge in [0.05, 0.1) is 11.4 Å². The van der Waals surface area contributed by atoms with Crippen LogP contribution in [0.2, 0.25) is 0 Å². The van der Waals surface area contributed by atoms with Gasteiger partial charge in [-0.3, -0.25) is 9.89 Å². The first-order chi connectivity index (χ1) is 9.51. The molecule has 0 fully saturated rings. The minimum Gasteiger partial charge on any atom is -0.395 e. The van der Waals surface area contributed by atoms with E-state index in [1.165, 1.54) is 0 Å². The minimum atomic E-state index is -0.204. The molecule has 6 heteroatoms. The van der Waals surface area contributed by atoms with E-state index in [0.717, 1.165) is 31.7 Å². The van der Waals surface area contributed by atoms with Gasteiger partial charge in [-0.25, -0.2) is 0 Å². The zero-order chi connectivity index (χ0) is 15.1. The second-order valence-electron chi connectivity index (χ2n) is 5.19. The number of nitrogens with one attached hydrogen (secondary N) is 2. The van der Waals surface area contributed by atoms with Gasteiger partial charge in [0.25, 0.3) is 5.91 Å². The first kappa shape index (κ1) is 16.5. The number of rotatable bonds is 8. The second-order valence-corrected chi connectivity index (χ2v) is 5.19. The molecule has 0 aliphatic heterocycles. The number of anilines is 1. The highest BCUT2D eigenvalue weighted by molar-refractivity contribution is 5.97. The van der Waals surface area contributed by atoms with Gasteiger partial charge < -0.3 is 16.0 Å². The number of carbonyl (C=O) groups is 1. The Labute approximate surface area is 121 Å². The van der Waals surface area contributed by atoms with Crippen LogP contribution in [0.1, 0.15) is 56.2 Å². The van der Waals surface area contributed by atoms with E-state index >= 15 is 0 Å². The second kappa shape index (κ2) is 7.89. The molecule has 0 atom stereocenters. The quantitative estimate of drug-likeness (QED) is 0.631. The Morgan fingerprint density at radius 1 is 1.40 bits per heavy atom. The Morgan fingerprint density at radius 2 is 2.05 bits per heavy atom. The van der Waals surface area contributed by atoms with E-state index in [2.05, 4.69) is 34.3 Å². The lowest BCUT2D eigenvalue weighted by Gasteiger charge is -2.17. The highest BCUT2D eigenvalue weighted by Gasteiger charge is 2.18. The summed E-state index contributed by atoms with van der Waals surface area (Å²) >= 11 is 0. The lowest BCUT2D eigenvalue weighted by Crippen LogP contribution is -2.30. The standard InChI is InChI=1S/C14H27N5O/c1-5-19(6-2)9-7-8-16-14(20)13-11(15)12(10(3)4)17-18-13/h10H,5-9,15H2,1-4H3,(H,16,20)(H,17,18). The maximum Gasteiger partial charge on any atom is 0.273 e. The number of nitrogen functional groups attached to an aromatic ring is 1. The molecular formula is C14H27N5O. The predicted octanol–water partition coefficient (Wildman–Crippen LogP) is 1.58. The monoisotopic (exact) mass is 281 g/mol. The number of nitrogens with two attached hydrogens (primary N) is 1. The summed E-state index contributed by atoms with van der Waals surface area (Å²) in [6.45, 7) is 12.0. The Kier molecular flexibility index (Phi) is 6.51. The molecule has 114 valence electrons. The summed E-state index contributed by atoms with van der Waals surface area (Å²) in [4.78, 5) is 14.3. The van der Waals surface area contributed by atoms with E-state index in [1.807, 2.05) is 13.8 Å². The van der Waals surface area contributed by atoms with Crippen molar-refractivity contribution >= 4 is 11.6 Å². The highest BCUT2D eigenvalue weighted by atomic mass is 16.1. The number of hydrogen-bond acceptors (Lipinski definition) is 4. The Bertz CT molecular complexity index is 423. The molecule has 0 aliphatic carbocycles. The molecular weight excluding hydrogens is 254 g/mol. The van der Waals surface area contributed by atoms with E-state index in [1.54, 1.807) is 0 Å². The van der Waals surface area contributed by atoms with Gasteiger partial charge in [0.2, 0.25) is 0 Å². The van der Waals surface area contributed by atoms with Gasteiger partial charge >= 0.3 is 0 Å². The number of carbonyl (C=O) groups excluding carboxylic acids is 1. The molecule has 1 aromatic heterocycles. The van der Waals surface area contributed by atoms with Crippen molar-refractivity contribution in [2.45, 2.75) is 40.0 Å². The lowest BCUT2D eigenvalue weighted by atomic mass is 10.1. The van der Waals surface area contributed by atoms with E-state index in [0.29, 0.717) is 17.9 Å². The normalized spacial score (nSPS) is 11.3. The number of H-pyrrole nitrogens is 1. The summed E-state index contributed by atoms with van der Waals surface area (Å²) in [6, 6.07) is 0. The molecule has 0 aromatic carbocycles. The molecule has 1 aromatic rings. The third-order valence-corrected chi connectivity index (χ3v) is 3.46. The summed E-state index contributed by atoms with van der Waals surface area (Å²) in [6.07, 6.45) is 0.925. The molecule has 6 nitrogen and oxygen atoms in total. The molecule has 20 heavy (non-hydrogen) atoms. The van der Waals surface area contributed by atoms with Crippen molar-refractivity contribution in [1.29, 1.82) is 0 Å². The average Bonchev–Trinajstić information content (AvgIpc) is 2.80. The molecule has 1 amide bonds. The van der Waals surface area contributed by atoms with Crippen molar-refractivity contribution in [2.24, 2.45) is 0 Å². The predicted molar refractivity (Wildman–Crippen MR) is 81.8 cm³/mol. The van der Waals surface area contributed by atoms with Gasteiger partial charge in [-0.2, -0.15) is 5.10 Å². The molecule has 0 saturated carbocycles. The van der Waals surface area contributed by atoms with Crippen molar-refractivity contribution in [3.63, 3.8) is 0 Å². The van der Waals surface area contributed by atoms with Crippen LogP contribution >= 0.6 is 0 Å². The zero-order valence-corrected chi connectivity index (χ0v) is 13.0. The third kappa shape index (κ3) is 4.23. The van der Waals surface area contributed by atoms with E-state index < -0.39 is 0 Å². The van der Waals surface area contributed by atoms with Crippen LogP contribution in [0.3, 0.4) is 0 Å². The van der Waals surface area contributed by atoms with Crippen LogP contribution in [-0.4, -0.2) is 47.2 Å². The van der Waals surface area contributed by atoms with E-state index in [-0.39, 0.29) is 11.8 Å². The maximum atomic E-state index is 12.0. The summed E-state index contributed by atoms with van der Waals surface area (Å²) < 4.78 is 0. The van der Waals surface area contributed by atoms with Crippen LogP contribution in [0.15, 0.2) is 0 Å². The Balaban J connectivity index is 2.44. The molecule has 1 heterocycles. The largest absolute Gasteiger partial charge is 0.395 e. The number of aromatic nitrogens is 2. The van der Waals surface area contributed by atoms with Crippen LogP contribution in [0, 0.1) is 0 Å². The van der Waals surface area contributed by atoms with Gasteiger partial charge in [-0.05, 0) is 32.0 Å². The van der Waals surface area contributed by atoms with Gasteiger partial charge in [-0.1, -0.05) is 27.7 Å². The summed E-state index contributed by atoms with van der Waals surface area (Å²) in [5.74, 6) is 0.0249. The topological polar surface area (TPSA) is 87.0 Å². The number of nitrogens with zero attached hydrogens (tertiary/aromatic N) is 2. The number of amides is 1. The number of hydrogen-bond donors (Lipinski definition) is 3. The molecule has 4 N–H and O–H groups in total. The molecule has 0 spiro atoms. The first-order valence-electron chi connectivity index (χ1n) is 7.35. The highest BCUT2D eigenvalue weighted by Crippen LogP contribution is 2.21. The third-order valence-electron chi connectivity index (χ3n) is 3.46. The SMILES string of the molecule is CCN(CC)CCCNC(=O)c1n[nH]c(C(C)C)c1N. The molecule has 1 rings (SSSR count). The summed E-state index contributed by atoms with van der Waals surface area (Å²) in [5.41, 5.74) is 7.52. The van der Waals surface area contributed by atoms with Crippen molar-refractivity contribution in [2.75, 3.05) is 31.9 Å². The average molecular weight is 281 g/mol. The van der Waals surface area contributed by atoms with Crippen LogP contribution in [0.4, 0.5) is 5.69 Å². The molecule has 0 aliphatic rings. The summed E-state index contributed by atoms with van der Waals surface area (Å²) in [7, 11) is 0. The van der Waals surface area contributed by atoms with Crippen molar-refractivity contribution in [3.8, 4) is 0 Å². The summed E-state index contributed by atoms with van der Waals surface area (Å²) in [5, 5.41) is 9.72. The molecule has 0 bridgehead atoms. The molecule has 0 saturated heterocycles. The van der Waals surface area contributed by atoms with Gasteiger partial charge in [-0.15, -0.1) is 0 Å².